The fourth-order valence-electron chi connectivity index (χ4n) is 2.00. The Balaban J connectivity index is 1.77. The van der Waals surface area contributed by atoms with Crippen LogP contribution in [0.3, 0.4) is 0 Å². The van der Waals surface area contributed by atoms with E-state index < -0.39 is 0 Å². The van der Waals surface area contributed by atoms with Gasteiger partial charge >= 0.3 is 0 Å². The van der Waals surface area contributed by atoms with Crippen molar-refractivity contribution < 1.29 is 4.52 Å². The maximum absolute atomic E-state index is 5.55. The third-order valence-electron chi connectivity index (χ3n) is 3.23. The Morgan fingerprint density at radius 2 is 2.00 bits per heavy atom. The highest BCUT2D eigenvalue weighted by Gasteiger charge is 2.19. The van der Waals surface area contributed by atoms with Gasteiger partial charge in [-0.2, -0.15) is 4.98 Å². The van der Waals surface area contributed by atoms with Gasteiger partial charge in [-0.25, -0.2) is 4.98 Å². The van der Waals surface area contributed by atoms with Crippen LogP contribution >= 0.6 is 0 Å². The number of nitrogen functional groups attached to an aromatic ring is 1. The van der Waals surface area contributed by atoms with Crippen LogP contribution < -0.4 is 10.6 Å². The summed E-state index contributed by atoms with van der Waals surface area (Å²) in [6.45, 7) is 3.84. The minimum absolute atomic E-state index is 0.474. The number of piperazine rings is 1. The minimum atomic E-state index is 0.474. The van der Waals surface area contributed by atoms with Crippen LogP contribution in [-0.2, 0) is 0 Å². The van der Waals surface area contributed by atoms with Crippen LogP contribution in [0.2, 0.25) is 0 Å². The van der Waals surface area contributed by atoms with Crippen LogP contribution in [0.25, 0.3) is 11.5 Å². The van der Waals surface area contributed by atoms with Crippen molar-refractivity contribution in [3.8, 4) is 11.5 Å². The third-order valence-corrected chi connectivity index (χ3v) is 3.23. The van der Waals surface area contributed by atoms with Crippen molar-refractivity contribution >= 4 is 11.8 Å². The lowest BCUT2D eigenvalue weighted by Crippen LogP contribution is -2.44. The first-order valence-corrected chi connectivity index (χ1v) is 6.21. The maximum atomic E-state index is 5.55. The average molecular weight is 260 g/mol. The molecule has 2 aromatic rings. The summed E-state index contributed by atoms with van der Waals surface area (Å²) in [5.74, 6) is 1.59. The fourth-order valence-corrected chi connectivity index (χ4v) is 2.00. The van der Waals surface area contributed by atoms with Gasteiger partial charge in [0.25, 0.3) is 11.8 Å². The van der Waals surface area contributed by atoms with Crippen LogP contribution in [0, 0.1) is 0 Å². The molecule has 0 amide bonds. The Morgan fingerprint density at radius 1 is 1.21 bits per heavy atom. The Labute approximate surface area is 111 Å². The largest absolute Gasteiger partial charge is 0.384 e. The molecule has 0 aliphatic carbocycles. The molecule has 2 N–H and O–H groups in total. The number of nitrogens with two attached hydrogens (primary N) is 1. The highest BCUT2D eigenvalue weighted by atomic mass is 16.5. The van der Waals surface area contributed by atoms with Crippen molar-refractivity contribution in [3.05, 3.63) is 18.3 Å². The smallest absolute Gasteiger partial charge is 0.266 e. The maximum Gasteiger partial charge on any atom is 0.266 e. The Kier molecular flexibility index (Phi) is 3.04. The predicted octanol–water partition coefficient (Wildman–Crippen LogP) is 0.466. The van der Waals surface area contributed by atoms with Crippen molar-refractivity contribution in [2.45, 2.75) is 0 Å². The molecule has 7 heteroatoms. The van der Waals surface area contributed by atoms with Crippen LogP contribution in [0.15, 0.2) is 22.9 Å². The van der Waals surface area contributed by atoms with E-state index in [4.69, 9.17) is 10.3 Å². The van der Waals surface area contributed by atoms with Gasteiger partial charge in [0.05, 0.1) is 5.56 Å². The zero-order valence-corrected chi connectivity index (χ0v) is 10.8. The van der Waals surface area contributed by atoms with E-state index in [1.807, 2.05) is 6.07 Å². The molecular weight excluding hydrogens is 244 g/mol. The summed E-state index contributed by atoms with van der Waals surface area (Å²) in [5, 5.41) is 4.03. The summed E-state index contributed by atoms with van der Waals surface area (Å²) in [6, 6.07) is 3.54. The van der Waals surface area contributed by atoms with Crippen molar-refractivity contribution in [1.29, 1.82) is 0 Å². The highest BCUT2D eigenvalue weighted by molar-refractivity contribution is 5.54. The van der Waals surface area contributed by atoms with Crippen LogP contribution in [-0.4, -0.2) is 53.3 Å². The second-order valence-corrected chi connectivity index (χ2v) is 4.66. The number of aromatic nitrogens is 3. The van der Waals surface area contributed by atoms with E-state index in [-0.39, 0.29) is 0 Å². The fraction of sp³-hybridized carbons (Fsp3) is 0.417. The Hall–Kier alpha value is -2.15. The summed E-state index contributed by atoms with van der Waals surface area (Å²) >= 11 is 0. The molecule has 1 saturated heterocycles. The van der Waals surface area contributed by atoms with Crippen molar-refractivity contribution in [2.75, 3.05) is 43.9 Å². The van der Waals surface area contributed by atoms with E-state index in [0.29, 0.717) is 17.7 Å². The molecule has 100 valence electrons. The first-order chi connectivity index (χ1) is 9.22. The summed E-state index contributed by atoms with van der Waals surface area (Å²) in [6.07, 6.45) is 1.64. The Bertz CT molecular complexity index is 544. The molecule has 1 fully saturated rings. The first kappa shape index (κ1) is 11.9. The number of nitrogens with zero attached hydrogens (tertiary/aromatic N) is 5. The molecule has 7 nitrogen and oxygen atoms in total. The normalized spacial score (nSPS) is 16.8. The standard InChI is InChI=1S/C12H16N6O/c1-17-4-6-18(7-5-17)12-15-11(19-16-12)9-2-3-10(13)14-8-9/h2-3,8H,4-7H2,1H3,(H2,13,14). The molecule has 2 aromatic heterocycles. The molecule has 0 spiro atoms. The molecular formula is C12H16N6O. The second-order valence-electron chi connectivity index (χ2n) is 4.66. The zero-order valence-electron chi connectivity index (χ0n) is 10.8. The number of hydrogen-bond donors (Lipinski definition) is 1. The first-order valence-electron chi connectivity index (χ1n) is 6.21. The van der Waals surface area contributed by atoms with E-state index in [1.165, 1.54) is 0 Å². The van der Waals surface area contributed by atoms with Gasteiger partial charge in [0.1, 0.15) is 5.82 Å². The number of hydrogen-bond acceptors (Lipinski definition) is 7. The average Bonchev–Trinajstić information content (AvgIpc) is 2.90. The summed E-state index contributed by atoms with van der Waals surface area (Å²) in [4.78, 5) is 12.8. The molecule has 0 aromatic carbocycles. The molecule has 0 atom stereocenters. The molecule has 1 aliphatic heterocycles. The predicted molar refractivity (Wildman–Crippen MR) is 71.7 cm³/mol. The number of rotatable bonds is 2. The quantitative estimate of drug-likeness (QED) is 0.839. The lowest BCUT2D eigenvalue weighted by molar-refractivity contribution is 0.309. The van der Waals surface area contributed by atoms with Crippen LogP contribution in [0.4, 0.5) is 11.8 Å². The molecule has 3 heterocycles. The topological polar surface area (TPSA) is 84.3 Å². The van der Waals surface area contributed by atoms with Crippen LogP contribution in [0.5, 0.6) is 0 Å². The number of pyridine rings is 1. The summed E-state index contributed by atoms with van der Waals surface area (Å²) in [7, 11) is 2.11. The Morgan fingerprint density at radius 3 is 2.68 bits per heavy atom. The van der Waals surface area contributed by atoms with Gasteiger partial charge in [-0.3, -0.25) is 0 Å². The highest BCUT2D eigenvalue weighted by Crippen LogP contribution is 2.20. The summed E-state index contributed by atoms with van der Waals surface area (Å²) < 4.78 is 5.27. The number of likely N-dealkylation sites (N-methyl/N-ethyl adjacent to an activating group) is 1. The van der Waals surface area contributed by atoms with Gasteiger partial charge in [-0.1, -0.05) is 0 Å². The van der Waals surface area contributed by atoms with E-state index in [2.05, 4.69) is 32.0 Å². The third kappa shape index (κ3) is 2.50. The van der Waals surface area contributed by atoms with E-state index in [9.17, 15) is 0 Å². The minimum Gasteiger partial charge on any atom is -0.384 e. The zero-order chi connectivity index (χ0) is 13.2. The van der Waals surface area contributed by atoms with E-state index in [1.54, 1.807) is 12.3 Å². The van der Waals surface area contributed by atoms with Gasteiger partial charge in [-0.05, 0) is 24.3 Å². The SMILES string of the molecule is CN1CCN(c2noc(-c3ccc(N)nc3)n2)CC1. The lowest BCUT2D eigenvalue weighted by atomic mass is 10.3. The van der Waals surface area contributed by atoms with Gasteiger partial charge in [0.15, 0.2) is 0 Å². The van der Waals surface area contributed by atoms with Gasteiger partial charge in [0.2, 0.25) is 0 Å². The molecule has 0 radical (unpaired) electrons. The lowest BCUT2D eigenvalue weighted by Gasteiger charge is -2.31. The molecule has 0 saturated carbocycles. The van der Waals surface area contributed by atoms with E-state index >= 15 is 0 Å². The van der Waals surface area contributed by atoms with Gasteiger partial charge < -0.3 is 20.1 Å². The number of anilines is 2. The molecule has 3 rings (SSSR count). The van der Waals surface area contributed by atoms with Crippen molar-refractivity contribution in [1.82, 2.24) is 20.0 Å². The second kappa shape index (κ2) is 4.85. The molecule has 0 unspecified atom stereocenters. The van der Waals surface area contributed by atoms with Gasteiger partial charge in [-0.15, -0.1) is 0 Å². The monoisotopic (exact) mass is 260 g/mol. The molecule has 1 aliphatic rings. The van der Waals surface area contributed by atoms with Crippen LogP contribution in [0.1, 0.15) is 0 Å². The summed E-state index contributed by atoms with van der Waals surface area (Å²) in [5.41, 5.74) is 6.33. The van der Waals surface area contributed by atoms with Gasteiger partial charge in [0, 0.05) is 32.4 Å². The van der Waals surface area contributed by atoms with E-state index in [0.717, 1.165) is 31.7 Å². The molecule has 0 bridgehead atoms. The van der Waals surface area contributed by atoms with Crippen molar-refractivity contribution in [3.63, 3.8) is 0 Å². The van der Waals surface area contributed by atoms with Crippen molar-refractivity contribution in [2.24, 2.45) is 0 Å². The molecule has 19 heavy (non-hydrogen) atoms.